The molecule has 0 radical (unpaired) electrons. The molecule has 0 atom stereocenters. The van der Waals surface area contributed by atoms with E-state index in [9.17, 15) is 9.59 Å². The maximum absolute atomic E-state index is 12.2. The first-order valence-electron chi connectivity index (χ1n) is 8.29. The molecule has 1 aliphatic heterocycles. The van der Waals surface area contributed by atoms with Gasteiger partial charge in [-0.3, -0.25) is 9.59 Å². The van der Waals surface area contributed by atoms with Crippen LogP contribution in [0.15, 0.2) is 36.4 Å². The van der Waals surface area contributed by atoms with E-state index in [0.717, 1.165) is 27.7 Å². The highest BCUT2D eigenvalue weighted by atomic mass is 35.5. The Morgan fingerprint density at radius 1 is 1.23 bits per heavy atom. The summed E-state index contributed by atoms with van der Waals surface area (Å²) in [5, 5.41) is 7.04. The first kappa shape index (κ1) is 16.6. The molecule has 2 heterocycles. The number of carbonyl (C=O) groups excluding carboxylic acids is 2. The second-order valence-corrected chi connectivity index (χ2v) is 6.57. The zero-order valence-corrected chi connectivity index (χ0v) is 14.6. The minimum absolute atomic E-state index is 0.127. The van der Waals surface area contributed by atoms with E-state index in [-0.39, 0.29) is 11.8 Å². The number of nitrogens with one attached hydrogen (secondary N) is 3. The van der Waals surface area contributed by atoms with Crippen LogP contribution in [-0.4, -0.2) is 29.9 Å². The average molecular weight is 369 g/mol. The molecule has 0 fully saturated rings. The Labute approximate surface area is 154 Å². The first-order valence-corrected chi connectivity index (χ1v) is 8.67. The van der Waals surface area contributed by atoms with Crippen LogP contribution in [0.1, 0.15) is 26.3 Å². The second kappa shape index (κ2) is 6.48. The molecule has 6 nitrogen and oxygen atoms in total. The van der Waals surface area contributed by atoms with Crippen LogP contribution >= 0.6 is 11.6 Å². The Morgan fingerprint density at radius 2 is 2.08 bits per heavy atom. The molecule has 1 aliphatic rings. The second-order valence-electron chi connectivity index (χ2n) is 6.16. The van der Waals surface area contributed by atoms with E-state index in [1.54, 1.807) is 12.1 Å². The van der Waals surface area contributed by atoms with Crippen molar-refractivity contribution in [2.45, 2.75) is 6.54 Å². The van der Waals surface area contributed by atoms with Crippen LogP contribution in [0, 0.1) is 0 Å². The SMILES string of the molecule is NCCNC(=O)c1ccc2[nH]c(-c3ccc(Cl)c4c3C(=O)NC4)cc2c1. The number of amides is 2. The van der Waals surface area contributed by atoms with Gasteiger partial charge in [-0.05, 0) is 30.3 Å². The fourth-order valence-electron chi connectivity index (χ4n) is 3.24. The molecular weight excluding hydrogens is 352 g/mol. The number of hydrogen-bond donors (Lipinski definition) is 4. The van der Waals surface area contributed by atoms with Crippen molar-refractivity contribution in [2.24, 2.45) is 5.73 Å². The molecule has 3 aromatic rings. The van der Waals surface area contributed by atoms with E-state index in [4.69, 9.17) is 17.3 Å². The molecule has 7 heteroatoms. The Balaban J connectivity index is 1.77. The van der Waals surface area contributed by atoms with Crippen LogP contribution in [0.2, 0.25) is 5.02 Å². The molecule has 0 bridgehead atoms. The van der Waals surface area contributed by atoms with E-state index in [1.807, 2.05) is 24.3 Å². The van der Waals surface area contributed by atoms with Crippen molar-refractivity contribution in [1.29, 1.82) is 0 Å². The topological polar surface area (TPSA) is 100 Å². The van der Waals surface area contributed by atoms with Gasteiger partial charge in [0.1, 0.15) is 0 Å². The largest absolute Gasteiger partial charge is 0.355 e. The van der Waals surface area contributed by atoms with Gasteiger partial charge in [0.05, 0.1) is 5.56 Å². The Hall–Kier alpha value is -2.83. The predicted octanol–water partition coefficient (Wildman–Crippen LogP) is 2.42. The smallest absolute Gasteiger partial charge is 0.252 e. The van der Waals surface area contributed by atoms with Crippen LogP contribution in [0.25, 0.3) is 22.2 Å². The number of carbonyl (C=O) groups is 2. The fourth-order valence-corrected chi connectivity index (χ4v) is 3.47. The van der Waals surface area contributed by atoms with Crippen molar-refractivity contribution < 1.29 is 9.59 Å². The molecule has 0 aliphatic carbocycles. The highest BCUT2D eigenvalue weighted by Crippen LogP contribution is 2.34. The number of halogens is 1. The van der Waals surface area contributed by atoms with E-state index in [1.165, 1.54) is 0 Å². The third kappa shape index (κ3) is 2.73. The van der Waals surface area contributed by atoms with Gasteiger partial charge in [0, 0.05) is 57.9 Å². The van der Waals surface area contributed by atoms with Crippen molar-refractivity contribution in [1.82, 2.24) is 15.6 Å². The molecule has 26 heavy (non-hydrogen) atoms. The van der Waals surface area contributed by atoms with Crippen molar-refractivity contribution in [3.63, 3.8) is 0 Å². The lowest BCUT2D eigenvalue weighted by atomic mass is 10.0. The molecule has 0 saturated carbocycles. The average Bonchev–Trinajstić information content (AvgIpc) is 3.24. The minimum Gasteiger partial charge on any atom is -0.355 e. The van der Waals surface area contributed by atoms with E-state index in [2.05, 4.69) is 15.6 Å². The molecule has 4 rings (SSSR count). The molecular formula is C19H17ClN4O2. The lowest BCUT2D eigenvalue weighted by molar-refractivity contribution is 0.0950. The Kier molecular flexibility index (Phi) is 4.14. The van der Waals surface area contributed by atoms with Gasteiger partial charge in [-0.25, -0.2) is 0 Å². The quantitative estimate of drug-likeness (QED) is 0.569. The van der Waals surface area contributed by atoms with Gasteiger partial charge in [-0.1, -0.05) is 17.7 Å². The molecule has 0 spiro atoms. The zero-order valence-electron chi connectivity index (χ0n) is 13.9. The number of rotatable bonds is 4. The molecule has 2 amide bonds. The summed E-state index contributed by atoms with van der Waals surface area (Å²) in [4.78, 5) is 27.7. The molecule has 2 aromatic carbocycles. The van der Waals surface area contributed by atoms with Gasteiger partial charge in [-0.2, -0.15) is 0 Å². The number of H-pyrrole nitrogens is 1. The lowest BCUT2D eigenvalue weighted by Crippen LogP contribution is -2.28. The molecule has 132 valence electrons. The van der Waals surface area contributed by atoms with Crippen molar-refractivity contribution >= 4 is 34.3 Å². The summed E-state index contributed by atoms with van der Waals surface area (Å²) in [6.45, 7) is 1.26. The molecule has 0 saturated heterocycles. The Morgan fingerprint density at radius 3 is 2.88 bits per heavy atom. The summed E-state index contributed by atoms with van der Waals surface area (Å²) in [5.74, 6) is -0.287. The first-order chi connectivity index (χ1) is 12.6. The monoisotopic (exact) mass is 368 g/mol. The summed E-state index contributed by atoms with van der Waals surface area (Å²) < 4.78 is 0. The number of aromatic amines is 1. The normalized spacial score (nSPS) is 12.9. The Bertz CT molecular complexity index is 1040. The van der Waals surface area contributed by atoms with Crippen LogP contribution in [0.4, 0.5) is 0 Å². The van der Waals surface area contributed by atoms with Gasteiger partial charge in [0.15, 0.2) is 0 Å². The predicted molar refractivity (Wildman–Crippen MR) is 101 cm³/mol. The number of aromatic nitrogens is 1. The summed E-state index contributed by atoms with van der Waals surface area (Å²) in [6.07, 6.45) is 0. The highest BCUT2D eigenvalue weighted by Gasteiger charge is 2.26. The number of fused-ring (bicyclic) bond motifs is 2. The van der Waals surface area contributed by atoms with Gasteiger partial charge >= 0.3 is 0 Å². The minimum atomic E-state index is -0.160. The highest BCUT2D eigenvalue weighted by molar-refractivity contribution is 6.32. The molecule has 0 unspecified atom stereocenters. The van der Waals surface area contributed by atoms with E-state index < -0.39 is 0 Å². The standard InChI is InChI=1S/C19H17ClN4O2/c20-14-3-2-12(17-13(14)9-23-19(17)26)16-8-11-7-10(1-4-15(11)24-16)18(25)22-6-5-21/h1-4,7-8,24H,5-6,9,21H2,(H,22,25)(H,23,26). The third-order valence-electron chi connectivity index (χ3n) is 4.51. The third-order valence-corrected chi connectivity index (χ3v) is 4.87. The van der Waals surface area contributed by atoms with Gasteiger partial charge in [-0.15, -0.1) is 0 Å². The fraction of sp³-hybridized carbons (Fsp3) is 0.158. The summed E-state index contributed by atoms with van der Waals surface area (Å²) >= 11 is 6.21. The molecule has 5 N–H and O–H groups in total. The van der Waals surface area contributed by atoms with Gasteiger partial charge in [0.25, 0.3) is 11.8 Å². The number of benzene rings is 2. The number of nitrogens with two attached hydrogens (primary N) is 1. The van der Waals surface area contributed by atoms with Crippen LogP contribution in [-0.2, 0) is 6.54 Å². The zero-order chi connectivity index (χ0) is 18.3. The summed E-state index contributed by atoms with van der Waals surface area (Å²) in [6, 6.07) is 11.0. The summed E-state index contributed by atoms with van der Waals surface area (Å²) in [5.41, 5.74) is 9.89. The van der Waals surface area contributed by atoms with Crippen LogP contribution < -0.4 is 16.4 Å². The van der Waals surface area contributed by atoms with Gasteiger partial charge in [0.2, 0.25) is 0 Å². The van der Waals surface area contributed by atoms with Crippen LogP contribution in [0.5, 0.6) is 0 Å². The van der Waals surface area contributed by atoms with Crippen molar-refractivity contribution in [2.75, 3.05) is 13.1 Å². The maximum Gasteiger partial charge on any atom is 0.252 e. The summed E-state index contributed by atoms with van der Waals surface area (Å²) in [7, 11) is 0. The van der Waals surface area contributed by atoms with E-state index in [0.29, 0.717) is 35.8 Å². The number of hydrogen-bond acceptors (Lipinski definition) is 3. The van der Waals surface area contributed by atoms with Gasteiger partial charge < -0.3 is 21.4 Å². The lowest BCUT2D eigenvalue weighted by Gasteiger charge is -2.06. The van der Waals surface area contributed by atoms with Crippen molar-refractivity contribution in [3.8, 4) is 11.3 Å². The van der Waals surface area contributed by atoms with Crippen LogP contribution in [0.3, 0.4) is 0 Å². The maximum atomic E-state index is 12.2. The van der Waals surface area contributed by atoms with Crippen molar-refractivity contribution in [3.05, 3.63) is 58.1 Å². The molecule has 1 aromatic heterocycles. The van der Waals surface area contributed by atoms with E-state index >= 15 is 0 Å².